The molecule has 5 heteroatoms. The summed E-state index contributed by atoms with van der Waals surface area (Å²) >= 11 is 0. The van der Waals surface area contributed by atoms with Gasteiger partial charge in [-0.3, -0.25) is 0 Å². The minimum Gasteiger partial charge on any atom is -0.380 e. The first kappa shape index (κ1) is 15.3. The van der Waals surface area contributed by atoms with Crippen LogP contribution in [0.5, 0.6) is 0 Å². The molecular formula is C17H26N4O. The summed E-state index contributed by atoms with van der Waals surface area (Å²) < 4.78 is 7.87. The predicted molar refractivity (Wildman–Crippen MR) is 90.5 cm³/mol. The van der Waals surface area contributed by atoms with Crippen LogP contribution in [-0.2, 0) is 11.3 Å². The molecule has 0 spiro atoms. The number of ether oxygens (including phenoxy) is 1. The van der Waals surface area contributed by atoms with Gasteiger partial charge in [0.05, 0.1) is 17.6 Å². The van der Waals surface area contributed by atoms with E-state index in [1.54, 1.807) is 0 Å². The lowest BCUT2D eigenvalue weighted by Gasteiger charge is -2.22. The Morgan fingerprint density at radius 3 is 2.86 bits per heavy atom. The number of para-hydroxylation sites is 2. The van der Waals surface area contributed by atoms with Crippen LogP contribution in [0.25, 0.3) is 11.0 Å². The fraction of sp³-hybridized carbons (Fsp3) is 0.588. The van der Waals surface area contributed by atoms with Crippen LogP contribution in [-0.4, -0.2) is 60.9 Å². The number of hydrogen-bond donors (Lipinski definition) is 0. The van der Waals surface area contributed by atoms with Crippen LogP contribution in [0.1, 0.15) is 13.3 Å². The van der Waals surface area contributed by atoms with Gasteiger partial charge >= 0.3 is 0 Å². The standard InChI is InChI=1S/C17H26N4O/c1-4-22-12-11-21-16-8-6-5-7-15(16)18-17(21)20-10-9-14(13-20)19(2)3/h5-8,14H,4,9-13H2,1-3H3/t14-/m0/s1. The molecule has 22 heavy (non-hydrogen) atoms. The molecule has 0 unspecified atom stereocenters. The maximum Gasteiger partial charge on any atom is 0.206 e. The molecule has 2 aromatic rings. The Hall–Kier alpha value is -1.59. The van der Waals surface area contributed by atoms with Crippen molar-refractivity contribution in [3.8, 4) is 0 Å². The van der Waals surface area contributed by atoms with Crippen molar-refractivity contribution in [2.75, 3.05) is 45.3 Å². The zero-order valence-electron chi connectivity index (χ0n) is 13.8. The Kier molecular flexibility index (Phi) is 4.64. The van der Waals surface area contributed by atoms with Crippen LogP contribution in [0.3, 0.4) is 0 Å². The Bertz CT molecular complexity index is 622. The van der Waals surface area contributed by atoms with Crippen LogP contribution in [0, 0.1) is 0 Å². The fourth-order valence-electron chi connectivity index (χ4n) is 3.17. The van der Waals surface area contributed by atoms with Crippen molar-refractivity contribution in [2.45, 2.75) is 25.9 Å². The number of nitrogens with zero attached hydrogens (tertiary/aromatic N) is 4. The maximum atomic E-state index is 5.56. The Morgan fingerprint density at radius 2 is 2.14 bits per heavy atom. The summed E-state index contributed by atoms with van der Waals surface area (Å²) in [7, 11) is 4.32. The molecule has 0 N–H and O–H groups in total. The lowest BCUT2D eigenvalue weighted by molar-refractivity contribution is 0.140. The third kappa shape index (κ3) is 2.96. The number of imidazole rings is 1. The normalized spacial score (nSPS) is 18.7. The average molecular weight is 302 g/mol. The highest BCUT2D eigenvalue weighted by atomic mass is 16.5. The molecule has 2 heterocycles. The van der Waals surface area contributed by atoms with Gasteiger partial charge in [-0.2, -0.15) is 0 Å². The minimum atomic E-state index is 0.611. The molecule has 0 amide bonds. The Morgan fingerprint density at radius 1 is 1.32 bits per heavy atom. The zero-order chi connectivity index (χ0) is 15.5. The first-order chi connectivity index (χ1) is 10.7. The summed E-state index contributed by atoms with van der Waals surface area (Å²) in [4.78, 5) is 9.61. The smallest absolute Gasteiger partial charge is 0.206 e. The van der Waals surface area contributed by atoms with Crippen molar-refractivity contribution < 1.29 is 4.74 Å². The predicted octanol–water partition coefficient (Wildman–Crippen LogP) is 2.21. The largest absolute Gasteiger partial charge is 0.380 e. The number of rotatable bonds is 6. The van der Waals surface area contributed by atoms with E-state index < -0.39 is 0 Å². The molecule has 5 nitrogen and oxygen atoms in total. The molecule has 0 aliphatic carbocycles. The Labute approximate surface area is 132 Å². The highest BCUT2D eigenvalue weighted by Gasteiger charge is 2.27. The van der Waals surface area contributed by atoms with Crippen molar-refractivity contribution in [3.63, 3.8) is 0 Å². The molecule has 3 rings (SSSR count). The third-order valence-electron chi connectivity index (χ3n) is 4.47. The molecule has 1 atom stereocenters. The Balaban J connectivity index is 1.89. The van der Waals surface area contributed by atoms with Gasteiger partial charge in [-0.05, 0) is 39.6 Å². The maximum absolute atomic E-state index is 5.56. The van der Waals surface area contributed by atoms with Crippen molar-refractivity contribution in [2.24, 2.45) is 0 Å². The van der Waals surface area contributed by atoms with Crippen molar-refractivity contribution in [1.82, 2.24) is 14.5 Å². The van der Waals surface area contributed by atoms with E-state index >= 15 is 0 Å². The number of hydrogen-bond acceptors (Lipinski definition) is 4. The number of benzene rings is 1. The first-order valence-corrected chi connectivity index (χ1v) is 8.15. The molecule has 120 valence electrons. The van der Waals surface area contributed by atoms with Gasteiger partial charge in [0.1, 0.15) is 0 Å². The summed E-state index contributed by atoms with van der Waals surface area (Å²) in [6.45, 7) is 6.50. The van der Waals surface area contributed by atoms with Gasteiger partial charge < -0.3 is 19.1 Å². The highest BCUT2D eigenvalue weighted by molar-refractivity contribution is 5.78. The van der Waals surface area contributed by atoms with Gasteiger partial charge in [0.15, 0.2) is 0 Å². The lowest BCUT2D eigenvalue weighted by atomic mass is 10.2. The second-order valence-corrected chi connectivity index (χ2v) is 6.10. The molecular weight excluding hydrogens is 276 g/mol. The van der Waals surface area contributed by atoms with Crippen LogP contribution in [0.15, 0.2) is 24.3 Å². The van der Waals surface area contributed by atoms with Crippen LogP contribution < -0.4 is 4.90 Å². The molecule has 1 fully saturated rings. The number of likely N-dealkylation sites (N-methyl/N-ethyl adjacent to an activating group) is 1. The SMILES string of the molecule is CCOCCn1c(N2CC[C@H](N(C)C)C2)nc2ccccc21. The summed E-state index contributed by atoms with van der Waals surface area (Å²) in [5, 5.41) is 0. The lowest BCUT2D eigenvalue weighted by Crippen LogP contribution is -2.32. The van der Waals surface area contributed by atoms with E-state index in [2.05, 4.69) is 52.7 Å². The van der Waals surface area contributed by atoms with Gasteiger partial charge in [0.25, 0.3) is 0 Å². The molecule has 0 radical (unpaired) electrons. The quantitative estimate of drug-likeness (QED) is 0.766. The van der Waals surface area contributed by atoms with Gasteiger partial charge in [-0.15, -0.1) is 0 Å². The van der Waals surface area contributed by atoms with E-state index in [0.717, 1.165) is 44.3 Å². The molecule has 1 aliphatic heterocycles. The van der Waals surface area contributed by atoms with Crippen LogP contribution >= 0.6 is 0 Å². The van der Waals surface area contributed by atoms with Crippen LogP contribution in [0.4, 0.5) is 5.95 Å². The number of aromatic nitrogens is 2. The molecule has 0 bridgehead atoms. The monoisotopic (exact) mass is 302 g/mol. The highest BCUT2D eigenvalue weighted by Crippen LogP contribution is 2.26. The number of fused-ring (bicyclic) bond motifs is 1. The molecule has 1 aliphatic rings. The second-order valence-electron chi connectivity index (χ2n) is 6.10. The van der Waals surface area contributed by atoms with Gasteiger partial charge in [-0.25, -0.2) is 4.98 Å². The van der Waals surface area contributed by atoms with Crippen molar-refractivity contribution in [3.05, 3.63) is 24.3 Å². The van der Waals surface area contributed by atoms with E-state index in [1.807, 2.05) is 6.92 Å². The van der Waals surface area contributed by atoms with E-state index in [-0.39, 0.29) is 0 Å². The minimum absolute atomic E-state index is 0.611. The zero-order valence-corrected chi connectivity index (χ0v) is 13.8. The summed E-state index contributed by atoms with van der Waals surface area (Å²) in [6.07, 6.45) is 1.20. The molecule has 0 saturated carbocycles. The average Bonchev–Trinajstić information content (AvgIpc) is 3.12. The van der Waals surface area contributed by atoms with E-state index in [1.165, 1.54) is 11.9 Å². The second kappa shape index (κ2) is 6.67. The van der Waals surface area contributed by atoms with E-state index in [9.17, 15) is 0 Å². The molecule has 1 aromatic heterocycles. The third-order valence-corrected chi connectivity index (χ3v) is 4.47. The summed E-state index contributed by atoms with van der Waals surface area (Å²) in [6, 6.07) is 8.99. The van der Waals surface area contributed by atoms with Crippen molar-refractivity contribution in [1.29, 1.82) is 0 Å². The van der Waals surface area contributed by atoms with Crippen LogP contribution in [0.2, 0.25) is 0 Å². The first-order valence-electron chi connectivity index (χ1n) is 8.15. The van der Waals surface area contributed by atoms with Crippen molar-refractivity contribution >= 4 is 17.0 Å². The van der Waals surface area contributed by atoms with E-state index in [4.69, 9.17) is 9.72 Å². The molecule has 1 aromatic carbocycles. The summed E-state index contributed by atoms with van der Waals surface area (Å²) in [5.74, 6) is 1.09. The van der Waals surface area contributed by atoms with Gasteiger partial charge in [0, 0.05) is 32.3 Å². The molecule has 1 saturated heterocycles. The van der Waals surface area contributed by atoms with Gasteiger partial charge in [-0.1, -0.05) is 12.1 Å². The van der Waals surface area contributed by atoms with E-state index in [0.29, 0.717) is 6.04 Å². The van der Waals surface area contributed by atoms with Gasteiger partial charge in [0.2, 0.25) is 5.95 Å². The fourth-order valence-corrected chi connectivity index (χ4v) is 3.17. The number of anilines is 1. The summed E-state index contributed by atoms with van der Waals surface area (Å²) in [5.41, 5.74) is 2.27. The topological polar surface area (TPSA) is 33.5 Å².